The first-order valence-electron chi connectivity index (χ1n) is 8.08. The van der Waals surface area contributed by atoms with E-state index in [1.54, 1.807) is 12.1 Å². The van der Waals surface area contributed by atoms with Gasteiger partial charge in [0.1, 0.15) is 12.4 Å². The van der Waals surface area contributed by atoms with Crippen molar-refractivity contribution in [3.05, 3.63) is 24.3 Å². The van der Waals surface area contributed by atoms with E-state index in [1.807, 2.05) is 12.1 Å². The molecule has 2 amide bonds. The SMILES string of the molecule is CC(=O)Nc1cccc(OCCNC(=O)C2CCCC(N)C2)c1.Cl. The molecule has 0 aliphatic heterocycles. The molecule has 2 atom stereocenters. The Balaban J connectivity index is 0.00000288. The van der Waals surface area contributed by atoms with Crippen LogP contribution in [0.3, 0.4) is 0 Å². The average molecular weight is 356 g/mol. The lowest BCUT2D eigenvalue weighted by Crippen LogP contribution is -2.39. The van der Waals surface area contributed by atoms with Crippen molar-refractivity contribution in [1.29, 1.82) is 0 Å². The molecule has 1 fully saturated rings. The van der Waals surface area contributed by atoms with Gasteiger partial charge in [0.2, 0.25) is 11.8 Å². The van der Waals surface area contributed by atoms with Crippen molar-refractivity contribution in [3.8, 4) is 5.75 Å². The molecular weight excluding hydrogens is 330 g/mol. The monoisotopic (exact) mass is 355 g/mol. The first-order valence-corrected chi connectivity index (χ1v) is 8.08. The minimum Gasteiger partial charge on any atom is -0.492 e. The van der Waals surface area contributed by atoms with Gasteiger partial charge in [-0.15, -0.1) is 12.4 Å². The van der Waals surface area contributed by atoms with Gasteiger partial charge in [-0.2, -0.15) is 0 Å². The van der Waals surface area contributed by atoms with Crippen LogP contribution in [0.15, 0.2) is 24.3 Å². The summed E-state index contributed by atoms with van der Waals surface area (Å²) in [6.45, 7) is 2.29. The molecule has 2 unspecified atom stereocenters. The van der Waals surface area contributed by atoms with Gasteiger partial charge in [-0.25, -0.2) is 0 Å². The minimum absolute atomic E-state index is 0. The molecule has 1 aliphatic rings. The van der Waals surface area contributed by atoms with Crippen LogP contribution >= 0.6 is 12.4 Å². The molecule has 2 rings (SSSR count). The van der Waals surface area contributed by atoms with Crippen molar-refractivity contribution in [2.45, 2.75) is 38.6 Å². The number of amides is 2. The second kappa shape index (κ2) is 10.2. The van der Waals surface area contributed by atoms with E-state index in [4.69, 9.17) is 10.5 Å². The Bertz CT molecular complexity index is 554. The fraction of sp³-hybridized carbons (Fsp3) is 0.529. The lowest BCUT2D eigenvalue weighted by molar-refractivity contribution is -0.126. The number of hydrogen-bond donors (Lipinski definition) is 3. The number of nitrogens with two attached hydrogens (primary N) is 1. The van der Waals surface area contributed by atoms with Crippen LogP contribution in [0.25, 0.3) is 0 Å². The predicted molar refractivity (Wildman–Crippen MR) is 96.4 cm³/mol. The maximum Gasteiger partial charge on any atom is 0.223 e. The van der Waals surface area contributed by atoms with Gasteiger partial charge in [-0.3, -0.25) is 9.59 Å². The Morgan fingerprint density at radius 1 is 1.33 bits per heavy atom. The molecule has 6 nitrogen and oxygen atoms in total. The zero-order valence-corrected chi connectivity index (χ0v) is 14.7. The molecule has 4 N–H and O–H groups in total. The molecule has 0 heterocycles. The van der Waals surface area contributed by atoms with Gasteiger partial charge in [0.25, 0.3) is 0 Å². The van der Waals surface area contributed by atoms with Crippen LogP contribution in [-0.2, 0) is 9.59 Å². The number of rotatable bonds is 6. The van der Waals surface area contributed by atoms with Gasteiger partial charge < -0.3 is 21.1 Å². The van der Waals surface area contributed by atoms with Gasteiger partial charge in [-0.05, 0) is 31.4 Å². The van der Waals surface area contributed by atoms with Crippen molar-refractivity contribution >= 4 is 29.9 Å². The summed E-state index contributed by atoms with van der Waals surface area (Å²) < 4.78 is 5.60. The highest BCUT2D eigenvalue weighted by molar-refractivity contribution is 5.88. The summed E-state index contributed by atoms with van der Waals surface area (Å²) in [5.41, 5.74) is 6.60. The van der Waals surface area contributed by atoms with Crippen LogP contribution in [0.1, 0.15) is 32.6 Å². The molecule has 0 spiro atoms. The van der Waals surface area contributed by atoms with E-state index in [9.17, 15) is 9.59 Å². The molecule has 0 radical (unpaired) electrons. The summed E-state index contributed by atoms with van der Waals surface area (Å²) in [7, 11) is 0. The lowest BCUT2D eigenvalue weighted by atomic mass is 9.85. The van der Waals surface area contributed by atoms with Crippen LogP contribution in [-0.4, -0.2) is 31.0 Å². The molecule has 1 aliphatic carbocycles. The molecule has 134 valence electrons. The fourth-order valence-corrected chi connectivity index (χ4v) is 2.82. The smallest absolute Gasteiger partial charge is 0.223 e. The number of ether oxygens (including phenoxy) is 1. The molecule has 1 aromatic rings. The third-order valence-electron chi connectivity index (χ3n) is 3.91. The van der Waals surface area contributed by atoms with Crippen LogP contribution in [0.4, 0.5) is 5.69 Å². The average Bonchev–Trinajstić information content (AvgIpc) is 2.51. The predicted octanol–water partition coefficient (Wildman–Crippen LogP) is 2.08. The quantitative estimate of drug-likeness (QED) is 0.681. The van der Waals surface area contributed by atoms with E-state index in [-0.39, 0.29) is 36.2 Å². The van der Waals surface area contributed by atoms with Crippen molar-refractivity contribution in [1.82, 2.24) is 5.32 Å². The van der Waals surface area contributed by atoms with Gasteiger partial charge in [0, 0.05) is 30.6 Å². The Labute approximate surface area is 148 Å². The third-order valence-corrected chi connectivity index (χ3v) is 3.91. The standard InChI is InChI=1S/C17H25N3O3.ClH/c1-12(21)20-15-6-3-7-16(11-15)23-9-8-19-17(22)13-4-2-5-14(18)10-13;/h3,6-7,11,13-14H,2,4-5,8-10,18H2,1H3,(H,19,22)(H,20,21);1H. The summed E-state index contributed by atoms with van der Waals surface area (Å²) in [6.07, 6.45) is 3.72. The summed E-state index contributed by atoms with van der Waals surface area (Å²) >= 11 is 0. The Morgan fingerprint density at radius 3 is 2.83 bits per heavy atom. The number of halogens is 1. The van der Waals surface area contributed by atoms with Gasteiger partial charge >= 0.3 is 0 Å². The second-order valence-corrected chi connectivity index (χ2v) is 5.97. The zero-order chi connectivity index (χ0) is 16.7. The number of carbonyl (C=O) groups is 2. The maximum absolute atomic E-state index is 12.1. The molecule has 1 aromatic carbocycles. The van der Waals surface area contributed by atoms with E-state index in [1.165, 1.54) is 6.92 Å². The number of benzene rings is 1. The van der Waals surface area contributed by atoms with Gasteiger partial charge in [-0.1, -0.05) is 12.5 Å². The highest BCUT2D eigenvalue weighted by Crippen LogP contribution is 2.23. The van der Waals surface area contributed by atoms with Crippen molar-refractivity contribution in [3.63, 3.8) is 0 Å². The number of carbonyl (C=O) groups excluding carboxylic acids is 2. The molecule has 7 heteroatoms. The maximum atomic E-state index is 12.1. The van der Waals surface area contributed by atoms with Crippen molar-refractivity contribution in [2.24, 2.45) is 11.7 Å². The minimum atomic E-state index is -0.125. The van der Waals surface area contributed by atoms with E-state index in [0.717, 1.165) is 25.7 Å². The second-order valence-electron chi connectivity index (χ2n) is 5.97. The van der Waals surface area contributed by atoms with E-state index < -0.39 is 0 Å². The number of anilines is 1. The van der Waals surface area contributed by atoms with Crippen molar-refractivity contribution in [2.75, 3.05) is 18.5 Å². The van der Waals surface area contributed by atoms with Gasteiger partial charge in [0.05, 0.1) is 6.54 Å². The highest BCUT2D eigenvalue weighted by atomic mass is 35.5. The van der Waals surface area contributed by atoms with E-state index >= 15 is 0 Å². The Kier molecular flexibility index (Phi) is 8.57. The lowest BCUT2D eigenvalue weighted by Gasteiger charge is -2.25. The van der Waals surface area contributed by atoms with Crippen LogP contribution in [0.2, 0.25) is 0 Å². The molecule has 0 bridgehead atoms. The molecule has 0 aromatic heterocycles. The van der Waals surface area contributed by atoms with Crippen LogP contribution < -0.4 is 21.1 Å². The number of nitrogens with one attached hydrogen (secondary N) is 2. The first kappa shape index (κ1) is 20.3. The van der Waals surface area contributed by atoms with Gasteiger partial charge in [0.15, 0.2) is 0 Å². The molecule has 1 saturated carbocycles. The Morgan fingerprint density at radius 2 is 2.12 bits per heavy atom. The first-order chi connectivity index (χ1) is 11.0. The van der Waals surface area contributed by atoms with E-state index in [0.29, 0.717) is 24.6 Å². The molecule has 24 heavy (non-hydrogen) atoms. The summed E-state index contributed by atoms with van der Waals surface area (Å²) in [6, 6.07) is 7.31. The van der Waals surface area contributed by atoms with Crippen molar-refractivity contribution < 1.29 is 14.3 Å². The normalized spacial score (nSPS) is 19.8. The third kappa shape index (κ3) is 6.76. The highest BCUT2D eigenvalue weighted by Gasteiger charge is 2.24. The molecular formula is C17H26ClN3O3. The largest absolute Gasteiger partial charge is 0.492 e. The van der Waals surface area contributed by atoms with Crippen LogP contribution in [0, 0.1) is 5.92 Å². The summed E-state index contributed by atoms with van der Waals surface area (Å²) in [5, 5.41) is 5.60. The summed E-state index contributed by atoms with van der Waals surface area (Å²) in [4.78, 5) is 23.1. The van der Waals surface area contributed by atoms with E-state index in [2.05, 4.69) is 10.6 Å². The molecule has 0 saturated heterocycles. The Hall–Kier alpha value is -1.79. The summed E-state index contributed by atoms with van der Waals surface area (Å²) in [5.74, 6) is 0.628. The number of hydrogen-bond acceptors (Lipinski definition) is 4. The fourth-order valence-electron chi connectivity index (χ4n) is 2.82. The topological polar surface area (TPSA) is 93.5 Å². The van der Waals surface area contributed by atoms with Crippen LogP contribution in [0.5, 0.6) is 5.75 Å². The zero-order valence-electron chi connectivity index (χ0n) is 13.9.